The molecule has 1 heterocycles. The van der Waals surface area contributed by atoms with Crippen molar-refractivity contribution in [1.82, 2.24) is 10.3 Å². The molecule has 0 saturated carbocycles. The summed E-state index contributed by atoms with van der Waals surface area (Å²) < 4.78 is 11.7. The van der Waals surface area contributed by atoms with Gasteiger partial charge in [-0.1, -0.05) is 42.5 Å². The number of aromatic nitrogens is 1. The highest BCUT2D eigenvalue weighted by Gasteiger charge is 2.11. The van der Waals surface area contributed by atoms with E-state index in [1.54, 1.807) is 11.8 Å². The molecule has 5 nitrogen and oxygen atoms in total. The molecule has 1 unspecified atom stereocenters. The van der Waals surface area contributed by atoms with E-state index in [2.05, 4.69) is 28.5 Å². The van der Waals surface area contributed by atoms with Gasteiger partial charge in [0.1, 0.15) is 30.8 Å². The van der Waals surface area contributed by atoms with Gasteiger partial charge in [0.2, 0.25) is 0 Å². The number of aliphatic hydroxyl groups excluding tert-OH is 1. The molecule has 0 fully saturated rings. The monoisotopic (exact) mass is 422 g/mol. The van der Waals surface area contributed by atoms with Crippen LogP contribution in [0.3, 0.4) is 0 Å². The minimum Gasteiger partial charge on any atom is -0.491 e. The number of thioether (sulfide) groups is 1. The van der Waals surface area contributed by atoms with Gasteiger partial charge in [-0.2, -0.15) is 0 Å². The Kier molecular flexibility index (Phi) is 6.79. The van der Waals surface area contributed by atoms with E-state index in [-0.39, 0.29) is 6.61 Å². The van der Waals surface area contributed by atoms with Crippen molar-refractivity contribution in [1.29, 1.82) is 0 Å². The molecule has 0 aliphatic heterocycles. The molecule has 0 aliphatic carbocycles. The van der Waals surface area contributed by atoms with Gasteiger partial charge < -0.3 is 24.9 Å². The van der Waals surface area contributed by atoms with Crippen LogP contribution in [0, 0.1) is 0 Å². The zero-order chi connectivity index (χ0) is 20.8. The Hall–Kier alpha value is -2.67. The van der Waals surface area contributed by atoms with E-state index in [4.69, 9.17) is 9.47 Å². The summed E-state index contributed by atoms with van der Waals surface area (Å²) in [5, 5.41) is 15.8. The van der Waals surface area contributed by atoms with Crippen LogP contribution in [0.15, 0.2) is 71.6 Å². The van der Waals surface area contributed by atoms with Crippen LogP contribution in [0.5, 0.6) is 11.5 Å². The summed E-state index contributed by atoms with van der Waals surface area (Å²) in [6, 6.07) is 22.2. The number of para-hydroxylation sites is 3. The smallest absolute Gasteiger partial charge is 0.143 e. The summed E-state index contributed by atoms with van der Waals surface area (Å²) in [7, 11) is 0. The predicted octanol–water partition coefficient (Wildman–Crippen LogP) is 4.45. The van der Waals surface area contributed by atoms with Crippen LogP contribution < -0.4 is 14.8 Å². The first kappa shape index (κ1) is 20.6. The molecule has 0 spiro atoms. The number of aliphatic hydroxyl groups is 1. The van der Waals surface area contributed by atoms with E-state index in [9.17, 15) is 5.11 Å². The normalized spacial score (nSPS) is 12.3. The van der Waals surface area contributed by atoms with Gasteiger partial charge in [0, 0.05) is 34.3 Å². The number of ether oxygens (including phenoxy) is 2. The van der Waals surface area contributed by atoms with Crippen LogP contribution >= 0.6 is 11.8 Å². The molecule has 6 heteroatoms. The molecule has 3 aromatic carbocycles. The molecule has 30 heavy (non-hydrogen) atoms. The number of H-pyrrole nitrogens is 1. The topological polar surface area (TPSA) is 66.5 Å². The van der Waals surface area contributed by atoms with Crippen molar-refractivity contribution in [2.75, 3.05) is 32.6 Å². The van der Waals surface area contributed by atoms with Gasteiger partial charge in [0.25, 0.3) is 0 Å². The Bertz CT molecular complexity index is 1110. The van der Waals surface area contributed by atoms with Crippen molar-refractivity contribution in [2.24, 2.45) is 0 Å². The number of benzene rings is 3. The fourth-order valence-corrected chi connectivity index (χ4v) is 3.99. The SMILES string of the molecule is CSc1ccccc1OCCNCC(O)COc1cccc2c1[nH]c1ccccc12. The lowest BCUT2D eigenvalue weighted by atomic mass is 10.1. The maximum atomic E-state index is 10.3. The first-order chi connectivity index (χ1) is 14.8. The number of rotatable bonds is 10. The molecule has 1 aromatic heterocycles. The minimum absolute atomic E-state index is 0.220. The lowest BCUT2D eigenvalue weighted by Crippen LogP contribution is -2.33. The summed E-state index contributed by atoms with van der Waals surface area (Å²) in [5.74, 6) is 1.64. The van der Waals surface area contributed by atoms with Crippen molar-refractivity contribution in [3.05, 3.63) is 66.7 Å². The first-order valence-corrected chi connectivity index (χ1v) is 11.3. The Morgan fingerprint density at radius 1 is 0.933 bits per heavy atom. The van der Waals surface area contributed by atoms with Crippen LogP contribution in [0.4, 0.5) is 0 Å². The van der Waals surface area contributed by atoms with Gasteiger partial charge in [-0.15, -0.1) is 11.8 Å². The molecule has 0 saturated heterocycles. The second-order valence-corrected chi connectivity index (χ2v) is 7.87. The molecule has 156 valence electrons. The predicted molar refractivity (Wildman–Crippen MR) is 124 cm³/mol. The zero-order valence-electron chi connectivity index (χ0n) is 16.9. The molecule has 3 N–H and O–H groups in total. The average molecular weight is 423 g/mol. The molecule has 4 rings (SSSR count). The lowest BCUT2D eigenvalue weighted by Gasteiger charge is -2.14. The largest absolute Gasteiger partial charge is 0.491 e. The van der Waals surface area contributed by atoms with E-state index in [1.165, 1.54) is 5.39 Å². The van der Waals surface area contributed by atoms with E-state index in [1.807, 2.05) is 54.8 Å². The van der Waals surface area contributed by atoms with Gasteiger partial charge in [0.15, 0.2) is 0 Å². The maximum Gasteiger partial charge on any atom is 0.143 e. The molecule has 4 aromatic rings. The molecule has 0 bridgehead atoms. The standard InChI is InChI=1S/C24H26N2O3S/c1-30-23-12-5-4-10-21(23)28-14-13-25-15-17(27)16-29-22-11-6-8-19-18-7-2-3-9-20(18)26-24(19)22/h2-12,17,25-27H,13-16H2,1H3. The first-order valence-electron chi connectivity index (χ1n) is 10.0. The molecular formula is C24H26N2O3S. The number of hydrogen-bond acceptors (Lipinski definition) is 5. The second kappa shape index (κ2) is 9.89. The third-order valence-electron chi connectivity index (χ3n) is 4.92. The number of nitrogens with one attached hydrogen (secondary N) is 2. The highest BCUT2D eigenvalue weighted by molar-refractivity contribution is 7.98. The lowest BCUT2D eigenvalue weighted by molar-refractivity contribution is 0.106. The van der Waals surface area contributed by atoms with E-state index >= 15 is 0 Å². The molecule has 0 aliphatic rings. The van der Waals surface area contributed by atoms with Crippen molar-refractivity contribution >= 4 is 33.6 Å². The summed E-state index contributed by atoms with van der Waals surface area (Å²) in [6.45, 7) is 1.85. The van der Waals surface area contributed by atoms with Gasteiger partial charge in [0.05, 0.1) is 5.52 Å². The van der Waals surface area contributed by atoms with Crippen LogP contribution in [0.2, 0.25) is 0 Å². The van der Waals surface area contributed by atoms with Crippen LogP contribution in [-0.2, 0) is 0 Å². The van der Waals surface area contributed by atoms with E-state index in [0.717, 1.165) is 32.8 Å². The van der Waals surface area contributed by atoms with Crippen molar-refractivity contribution in [3.63, 3.8) is 0 Å². The number of fused-ring (bicyclic) bond motifs is 3. The zero-order valence-corrected chi connectivity index (χ0v) is 17.7. The van der Waals surface area contributed by atoms with Gasteiger partial charge in [-0.25, -0.2) is 0 Å². The summed E-state index contributed by atoms with van der Waals surface area (Å²) in [4.78, 5) is 4.54. The summed E-state index contributed by atoms with van der Waals surface area (Å²) in [5.41, 5.74) is 2.04. The second-order valence-electron chi connectivity index (χ2n) is 7.02. The Morgan fingerprint density at radius 3 is 2.60 bits per heavy atom. The van der Waals surface area contributed by atoms with Crippen LogP contribution in [0.1, 0.15) is 0 Å². The summed E-state index contributed by atoms with van der Waals surface area (Å²) in [6.07, 6.45) is 1.43. The van der Waals surface area contributed by atoms with Gasteiger partial charge in [-0.05, 0) is 30.5 Å². The fraction of sp³-hybridized carbons (Fsp3) is 0.250. The number of hydrogen-bond donors (Lipinski definition) is 3. The molecule has 1 atom stereocenters. The van der Waals surface area contributed by atoms with Crippen molar-refractivity contribution < 1.29 is 14.6 Å². The van der Waals surface area contributed by atoms with E-state index in [0.29, 0.717) is 19.7 Å². The average Bonchev–Trinajstić information content (AvgIpc) is 3.17. The highest BCUT2D eigenvalue weighted by atomic mass is 32.2. The minimum atomic E-state index is -0.608. The van der Waals surface area contributed by atoms with Crippen molar-refractivity contribution in [3.8, 4) is 11.5 Å². The van der Waals surface area contributed by atoms with E-state index < -0.39 is 6.10 Å². The molecular weight excluding hydrogens is 396 g/mol. The molecule has 0 amide bonds. The van der Waals surface area contributed by atoms with Crippen molar-refractivity contribution in [2.45, 2.75) is 11.0 Å². The quantitative estimate of drug-likeness (QED) is 0.260. The van der Waals surface area contributed by atoms with Gasteiger partial charge >= 0.3 is 0 Å². The highest BCUT2D eigenvalue weighted by Crippen LogP contribution is 2.31. The van der Waals surface area contributed by atoms with Crippen LogP contribution in [0.25, 0.3) is 21.8 Å². The molecule has 0 radical (unpaired) electrons. The summed E-state index contributed by atoms with van der Waals surface area (Å²) >= 11 is 1.67. The maximum absolute atomic E-state index is 10.3. The number of aromatic amines is 1. The Labute approximate surface area is 180 Å². The van der Waals surface area contributed by atoms with Crippen LogP contribution in [-0.4, -0.2) is 48.8 Å². The Morgan fingerprint density at radius 2 is 1.70 bits per heavy atom. The Balaban J connectivity index is 1.25. The fourth-order valence-electron chi connectivity index (χ4n) is 3.45. The van der Waals surface area contributed by atoms with Gasteiger partial charge in [-0.3, -0.25) is 0 Å². The third-order valence-corrected chi connectivity index (χ3v) is 5.70. The third kappa shape index (κ3) is 4.73.